The molecule has 0 amide bonds. The molecule has 1 N–H and O–H groups in total. The number of unbranched alkanes of at least 4 members (excludes halogenated alkanes) is 23. The topological polar surface area (TPSA) is 116 Å². The van der Waals surface area contributed by atoms with E-state index in [9.17, 15) is 19.2 Å². The average molecular weight is 749 g/mol. The molecule has 0 aliphatic carbocycles. The first kappa shape index (κ1) is 50.4. The summed E-state index contributed by atoms with van der Waals surface area (Å²) < 4.78 is 16.3. The number of allylic oxidation sites excluding steroid dienone is 4. The first-order valence-corrected chi connectivity index (χ1v) is 21.9. The van der Waals surface area contributed by atoms with Crippen LogP contribution in [0.25, 0.3) is 0 Å². The molecule has 0 aliphatic heterocycles. The summed E-state index contributed by atoms with van der Waals surface area (Å²) in [4.78, 5) is 48.0. The van der Waals surface area contributed by atoms with Crippen LogP contribution in [0.5, 0.6) is 0 Å². The van der Waals surface area contributed by atoms with Gasteiger partial charge in [-0.3, -0.25) is 19.2 Å². The average Bonchev–Trinajstić information content (AvgIpc) is 3.14. The van der Waals surface area contributed by atoms with Gasteiger partial charge in [0.15, 0.2) is 6.10 Å². The number of ether oxygens (including phenoxy) is 3. The van der Waals surface area contributed by atoms with Gasteiger partial charge in [0.25, 0.3) is 0 Å². The maximum atomic E-state index is 12.4. The third kappa shape index (κ3) is 40.4. The predicted octanol–water partition coefficient (Wildman–Crippen LogP) is 12.7. The predicted molar refractivity (Wildman–Crippen MR) is 217 cm³/mol. The van der Waals surface area contributed by atoms with Gasteiger partial charge in [0.05, 0.1) is 0 Å². The molecule has 0 radical (unpaired) electrons. The lowest BCUT2D eigenvalue weighted by Gasteiger charge is -2.18. The summed E-state index contributed by atoms with van der Waals surface area (Å²) in [5.74, 6) is -2.15. The second-order valence-corrected chi connectivity index (χ2v) is 14.7. The zero-order chi connectivity index (χ0) is 38.9. The Bertz CT molecular complexity index is 871. The van der Waals surface area contributed by atoms with E-state index in [0.717, 1.165) is 77.0 Å². The van der Waals surface area contributed by atoms with E-state index in [4.69, 9.17) is 19.3 Å². The fraction of sp³-hybridized carbons (Fsp3) is 0.822. The molecule has 0 rings (SSSR count). The fourth-order valence-electron chi connectivity index (χ4n) is 6.10. The second kappa shape index (κ2) is 40.5. The number of carboxylic acids is 1. The van der Waals surface area contributed by atoms with E-state index in [1.54, 1.807) is 0 Å². The van der Waals surface area contributed by atoms with Crippen molar-refractivity contribution in [1.29, 1.82) is 0 Å². The highest BCUT2D eigenvalue weighted by atomic mass is 16.6. The Labute approximate surface area is 324 Å². The zero-order valence-corrected chi connectivity index (χ0v) is 34.2. The van der Waals surface area contributed by atoms with Crippen LogP contribution >= 0.6 is 0 Å². The Morgan fingerprint density at radius 1 is 0.415 bits per heavy atom. The van der Waals surface area contributed by atoms with Crippen LogP contribution < -0.4 is 0 Å². The number of rotatable bonds is 40. The summed E-state index contributed by atoms with van der Waals surface area (Å²) in [7, 11) is 0. The number of aliphatic carboxylic acids is 1. The molecule has 53 heavy (non-hydrogen) atoms. The van der Waals surface area contributed by atoms with Crippen molar-refractivity contribution in [2.24, 2.45) is 0 Å². The van der Waals surface area contributed by atoms with Gasteiger partial charge in [0, 0.05) is 25.7 Å². The van der Waals surface area contributed by atoms with Crippen molar-refractivity contribution in [2.75, 3.05) is 13.2 Å². The molecule has 308 valence electrons. The summed E-state index contributed by atoms with van der Waals surface area (Å²) >= 11 is 0. The minimum absolute atomic E-state index is 0.0152. The molecule has 0 spiro atoms. The van der Waals surface area contributed by atoms with E-state index in [-0.39, 0.29) is 38.0 Å². The highest BCUT2D eigenvalue weighted by molar-refractivity contribution is 5.71. The first-order valence-electron chi connectivity index (χ1n) is 21.9. The van der Waals surface area contributed by atoms with Crippen LogP contribution in [0, 0.1) is 0 Å². The lowest BCUT2D eigenvalue weighted by atomic mass is 10.1. The van der Waals surface area contributed by atoms with Crippen LogP contribution in [0.2, 0.25) is 0 Å². The van der Waals surface area contributed by atoms with E-state index < -0.39 is 18.0 Å². The summed E-state index contributed by atoms with van der Waals surface area (Å²) in [5, 5.41) is 8.82. The Hall–Kier alpha value is -2.64. The molecule has 0 fully saturated rings. The number of carbonyl (C=O) groups excluding carboxylic acids is 3. The molecular formula is C45H80O8. The van der Waals surface area contributed by atoms with Gasteiger partial charge in [0.2, 0.25) is 0 Å². The molecule has 0 heterocycles. The number of esters is 3. The SMILES string of the molecule is CCCCCCCC/C=C\CCCCCCCC(=O)OCC(COC(=O)CCCCCCC/C=C\CCCCCCCC)OC(=O)CCCCC(=O)O. The maximum Gasteiger partial charge on any atom is 0.306 e. The van der Waals surface area contributed by atoms with Crippen molar-refractivity contribution in [1.82, 2.24) is 0 Å². The third-order valence-electron chi connectivity index (χ3n) is 9.47. The number of hydrogen-bond acceptors (Lipinski definition) is 7. The largest absolute Gasteiger partial charge is 0.481 e. The number of carbonyl (C=O) groups is 4. The van der Waals surface area contributed by atoms with Crippen molar-refractivity contribution in [3.8, 4) is 0 Å². The fourth-order valence-corrected chi connectivity index (χ4v) is 6.10. The molecule has 0 aliphatic rings. The Morgan fingerprint density at radius 2 is 0.717 bits per heavy atom. The first-order chi connectivity index (χ1) is 25.9. The van der Waals surface area contributed by atoms with Crippen LogP contribution in [0.15, 0.2) is 24.3 Å². The molecular weight excluding hydrogens is 668 g/mol. The number of carboxylic acid groups (broad SMARTS) is 1. The van der Waals surface area contributed by atoms with Gasteiger partial charge in [-0.15, -0.1) is 0 Å². The van der Waals surface area contributed by atoms with Gasteiger partial charge in [-0.25, -0.2) is 0 Å². The minimum Gasteiger partial charge on any atom is -0.481 e. The monoisotopic (exact) mass is 749 g/mol. The highest BCUT2D eigenvalue weighted by Gasteiger charge is 2.19. The molecule has 0 saturated heterocycles. The van der Waals surface area contributed by atoms with Crippen molar-refractivity contribution >= 4 is 23.9 Å². The van der Waals surface area contributed by atoms with Gasteiger partial charge < -0.3 is 19.3 Å². The molecule has 8 nitrogen and oxygen atoms in total. The molecule has 0 atom stereocenters. The van der Waals surface area contributed by atoms with E-state index in [1.165, 1.54) is 89.9 Å². The lowest BCUT2D eigenvalue weighted by Crippen LogP contribution is -2.30. The van der Waals surface area contributed by atoms with Gasteiger partial charge in [0.1, 0.15) is 13.2 Å². The van der Waals surface area contributed by atoms with Crippen LogP contribution in [-0.4, -0.2) is 48.3 Å². The second-order valence-electron chi connectivity index (χ2n) is 14.7. The van der Waals surface area contributed by atoms with E-state index in [1.807, 2.05) is 0 Å². The van der Waals surface area contributed by atoms with Crippen LogP contribution in [0.3, 0.4) is 0 Å². The van der Waals surface area contributed by atoms with Crippen molar-refractivity contribution in [3.63, 3.8) is 0 Å². The van der Waals surface area contributed by atoms with Crippen molar-refractivity contribution in [3.05, 3.63) is 24.3 Å². The van der Waals surface area contributed by atoms with Crippen molar-refractivity contribution < 1.29 is 38.5 Å². The summed E-state index contributed by atoms with van der Waals surface area (Å²) in [6.45, 7) is 4.15. The Kier molecular flexibility index (Phi) is 38.5. The summed E-state index contributed by atoms with van der Waals surface area (Å²) in [6, 6.07) is 0. The lowest BCUT2D eigenvalue weighted by molar-refractivity contribution is -0.167. The van der Waals surface area contributed by atoms with Crippen LogP contribution in [0.1, 0.15) is 219 Å². The van der Waals surface area contributed by atoms with Gasteiger partial charge in [-0.1, -0.05) is 141 Å². The van der Waals surface area contributed by atoms with Gasteiger partial charge in [-0.05, 0) is 77.0 Å². The maximum absolute atomic E-state index is 12.4. The van der Waals surface area contributed by atoms with E-state index in [0.29, 0.717) is 25.7 Å². The Balaban J connectivity index is 4.20. The van der Waals surface area contributed by atoms with Crippen molar-refractivity contribution in [2.45, 2.75) is 225 Å². The molecule has 0 saturated carbocycles. The van der Waals surface area contributed by atoms with Gasteiger partial charge in [-0.2, -0.15) is 0 Å². The van der Waals surface area contributed by atoms with Crippen LogP contribution in [0.4, 0.5) is 0 Å². The van der Waals surface area contributed by atoms with Crippen LogP contribution in [-0.2, 0) is 33.4 Å². The molecule has 0 aromatic heterocycles. The molecule has 0 aromatic carbocycles. The molecule has 0 unspecified atom stereocenters. The highest BCUT2D eigenvalue weighted by Crippen LogP contribution is 2.13. The number of hydrogen-bond donors (Lipinski definition) is 1. The quantitative estimate of drug-likeness (QED) is 0.0285. The summed E-state index contributed by atoms with van der Waals surface area (Å²) in [6.07, 6.45) is 40.5. The Morgan fingerprint density at radius 3 is 1.09 bits per heavy atom. The van der Waals surface area contributed by atoms with E-state index in [2.05, 4.69) is 38.2 Å². The molecule has 0 aromatic rings. The normalized spacial score (nSPS) is 11.5. The zero-order valence-electron chi connectivity index (χ0n) is 34.2. The smallest absolute Gasteiger partial charge is 0.306 e. The van der Waals surface area contributed by atoms with E-state index >= 15 is 0 Å². The summed E-state index contributed by atoms with van der Waals surface area (Å²) in [5.41, 5.74) is 0. The third-order valence-corrected chi connectivity index (χ3v) is 9.47. The minimum atomic E-state index is -0.910. The standard InChI is InChI=1S/C45H80O8/c1-3-5-7-9-11-13-15-17-19-21-23-25-27-29-31-36-43(48)51-39-41(53-45(50)38-34-33-35-42(46)47)40-52-44(49)37-32-30-28-26-24-22-20-18-16-14-12-10-8-6-4-2/h17-20,41H,3-16,21-40H2,1-2H3,(H,46,47)/b19-17-,20-18-. The molecule has 8 heteroatoms. The van der Waals surface area contributed by atoms with Gasteiger partial charge >= 0.3 is 23.9 Å². The molecule has 0 bridgehead atoms.